The van der Waals surface area contributed by atoms with E-state index in [1.807, 2.05) is 26.2 Å². The summed E-state index contributed by atoms with van der Waals surface area (Å²) in [4.78, 5) is 11.4. The summed E-state index contributed by atoms with van der Waals surface area (Å²) in [5.74, 6) is 1.14. The van der Waals surface area contributed by atoms with E-state index < -0.39 is 0 Å². The molecule has 0 radical (unpaired) electrons. The van der Waals surface area contributed by atoms with Crippen LogP contribution < -0.4 is 14.5 Å². The van der Waals surface area contributed by atoms with Gasteiger partial charge in [-0.3, -0.25) is 4.90 Å². The number of pyridine rings is 1. The van der Waals surface area contributed by atoms with Crippen LogP contribution in [0, 0.1) is 6.92 Å². The number of aromatic nitrogens is 1. The standard InChI is InChI=1S/C25H36N6O3/c1-20-4-5-23(29(2)3)21(16-20)19-26-28-24-17-22(31-9-13-33-14-10-31)18-25(27-24)34-15-8-30-6-11-32-12-7-30/h4-5,16-18H,6-15,19H2,1-3H3. The van der Waals surface area contributed by atoms with Crippen LogP contribution in [0.1, 0.15) is 11.1 Å². The summed E-state index contributed by atoms with van der Waals surface area (Å²) in [6.07, 6.45) is 0. The van der Waals surface area contributed by atoms with Crippen molar-refractivity contribution in [2.24, 2.45) is 10.2 Å². The Morgan fingerprint density at radius 1 is 1.00 bits per heavy atom. The second-order valence-corrected chi connectivity index (χ2v) is 8.85. The van der Waals surface area contributed by atoms with Gasteiger partial charge in [0.2, 0.25) is 5.88 Å². The van der Waals surface area contributed by atoms with E-state index in [4.69, 9.17) is 14.2 Å². The van der Waals surface area contributed by atoms with Gasteiger partial charge in [0.15, 0.2) is 5.82 Å². The minimum atomic E-state index is 0.492. The van der Waals surface area contributed by atoms with Gasteiger partial charge in [0.05, 0.1) is 33.0 Å². The molecule has 184 valence electrons. The highest BCUT2D eigenvalue weighted by Crippen LogP contribution is 2.27. The molecule has 0 spiro atoms. The van der Waals surface area contributed by atoms with Gasteiger partial charge in [0.1, 0.15) is 6.61 Å². The minimum absolute atomic E-state index is 0.492. The molecule has 4 rings (SSSR count). The summed E-state index contributed by atoms with van der Waals surface area (Å²) in [6, 6.07) is 10.4. The third-order valence-electron chi connectivity index (χ3n) is 6.04. The van der Waals surface area contributed by atoms with Crippen molar-refractivity contribution >= 4 is 17.2 Å². The van der Waals surface area contributed by atoms with Crippen LogP contribution in [0.15, 0.2) is 40.6 Å². The summed E-state index contributed by atoms with van der Waals surface area (Å²) in [7, 11) is 4.08. The van der Waals surface area contributed by atoms with E-state index >= 15 is 0 Å². The summed E-state index contributed by atoms with van der Waals surface area (Å²) >= 11 is 0. The third-order valence-corrected chi connectivity index (χ3v) is 6.04. The highest BCUT2D eigenvalue weighted by atomic mass is 16.5. The lowest BCUT2D eigenvalue weighted by molar-refractivity contribution is 0.0320. The molecular weight excluding hydrogens is 432 g/mol. The van der Waals surface area contributed by atoms with Crippen LogP contribution in [0.3, 0.4) is 0 Å². The van der Waals surface area contributed by atoms with Gasteiger partial charge in [-0.1, -0.05) is 17.7 Å². The van der Waals surface area contributed by atoms with E-state index in [0.717, 1.165) is 62.9 Å². The number of anilines is 2. The van der Waals surface area contributed by atoms with Gasteiger partial charge in [0, 0.05) is 70.3 Å². The van der Waals surface area contributed by atoms with E-state index in [2.05, 4.69) is 55.0 Å². The van der Waals surface area contributed by atoms with Crippen LogP contribution in [0.2, 0.25) is 0 Å². The van der Waals surface area contributed by atoms with Gasteiger partial charge in [0.25, 0.3) is 0 Å². The van der Waals surface area contributed by atoms with E-state index in [-0.39, 0.29) is 0 Å². The molecule has 1 aromatic heterocycles. The summed E-state index contributed by atoms with van der Waals surface area (Å²) in [5, 5.41) is 8.97. The molecule has 0 atom stereocenters. The fraction of sp³-hybridized carbons (Fsp3) is 0.560. The Labute approximate surface area is 202 Å². The number of azo groups is 1. The molecule has 34 heavy (non-hydrogen) atoms. The molecule has 0 aliphatic carbocycles. The zero-order valence-electron chi connectivity index (χ0n) is 20.6. The average Bonchev–Trinajstić information content (AvgIpc) is 2.85. The number of aryl methyl sites for hydroxylation is 1. The van der Waals surface area contributed by atoms with E-state index in [0.29, 0.717) is 38.1 Å². The summed E-state index contributed by atoms with van der Waals surface area (Å²) in [5.41, 5.74) is 4.53. The van der Waals surface area contributed by atoms with Crippen molar-refractivity contribution < 1.29 is 14.2 Å². The number of benzene rings is 1. The molecule has 2 aromatic rings. The zero-order chi connectivity index (χ0) is 23.8. The first-order valence-corrected chi connectivity index (χ1v) is 12.0. The maximum absolute atomic E-state index is 6.05. The van der Waals surface area contributed by atoms with E-state index in [9.17, 15) is 0 Å². The third kappa shape index (κ3) is 6.88. The lowest BCUT2D eigenvalue weighted by Gasteiger charge is -2.29. The molecule has 9 nitrogen and oxygen atoms in total. The predicted molar refractivity (Wildman–Crippen MR) is 134 cm³/mol. The van der Waals surface area contributed by atoms with E-state index in [1.165, 1.54) is 5.56 Å². The summed E-state index contributed by atoms with van der Waals surface area (Å²) in [6.45, 7) is 10.6. The van der Waals surface area contributed by atoms with Crippen LogP contribution in [-0.2, 0) is 16.0 Å². The van der Waals surface area contributed by atoms with Crippen molar-refractivity contribution in [3.05, 3.63) is 41.5 Å². The van der Waals surface area contributed by atoms with Gasteiger partial charge in [-0.25, -0.2) is 0 Å². The zero-order valence-corrected chi connectivity index (χ0v) is 20.6. The molecular formula is C25H36N6O3. The largest absolute Gasteiger partial charge is 0.476 e. The van der Waals surface area contributed by atoms with Crippen LogP contribution in [0.4, 0.5) is 17.2 Å². The molecule has 2 aliphatic rings. The second kappa shape index (κ2) is 12.1. The number of rotatable bonds is 9. The highest BCUT2D eigenvalue weighted by Gasteiger charge is 2.15. The fourth-order valence-corrected chi connectivity index (χ4v) is 4.17. The van der Waals surface area contributed by atoms with Crippen LogP contribution in [-0.4, -0.2) is 89.7 Å². The van der Waals surface area contributed by atoms with Gasteiger partial charge in [-0.05, 0) is 18.6 Å². The van der Waals surface area contributed by atoms with Gasteiger partial charge < -0.3 is 24.0 Å². The molecule has 2 saturated heterocycles. The first-order valence-electron chi connectivity index (χ1n) is 12.0. The fourth-order valence-electron chi connectivity index (χ4n) is 4.17. The molecule has 2 fully saturated rings. The maximum Gasteiger partial charge on any atom is 0.217 e. The number of hydrogen-bond acceptors (Lipinski definition) is 9. The van der Waals surface area contributed by atoms with Crippen molar-refractivity contribution in [1.82, 2.24) is 9.88 Å². The molecule has 0 bridgehead atoms. The normalized spacial score (nSPS) is 17.3. The molecule has 0 amide bonds. The average molecular weight is 469 g/mol. The molecule has 0 N–H and O–H groups in total. The Morgan fingerprint density at radius 2 is 1.74 bits per heavy atom. The quantitative estimate of drug-likeness (QED) is 0.523. The van der Waals surface area contributed by atoms with Crippen LogP contribution >= 0.6 is 0 Å². The molecule has 0 saturated carbocycles. The molecule has 1 aromatic carbocycles. The van der Waals surface area contributed by atoms with Crippen molar-refractivity contribution in [1.29, 1.82) is 0 Å². The van der Waals surface area contributed by atoms with E-state index in [1.54, 1.807) is 0 Å². The monoisotopic (exact) mass is 468 g/mol. The maximum atomic E-state index is 6.05. The predicted octanol–water partition coefficient (Wildman–Crippen LogP) is 3.29. The topological polar surface area (TPSA) is 75.0 Å². The second-order valence-electron chi connectivity index (χ2n) is 8.85. The summed E-state index contributed by atoms with van der Waals surface area (Å²) < 4.78 is 17.0. The number of ether oxygens (including phenoxy) is 3. The number of nitrogens with zero attached hydrogens (tertiary/aromatic N) is 6. The Hall–Kier alpha value is -2.75. The molecule has 9 heteroatoms. The first-order chi connectivity index (χ1) is 16.6. The SMILES string of the molecule is Cc1ccc(N(C)C)c(CN=Nc2cc(N3CCOCC3)cc(OCCN3CCOCC3)n2)c1. The van der Waals surface area contributed by atoms with Crippen molar-refractivity contribution in [3.63, 3.8) is 0 Å². The Balaban J connectivity index is 1.47. The lowest BCUT2D eigenvalue weighted by atomic mass is 10.1. The Bertz CT molecular complexity index is 956. The Morgan fingerprint density at radius 3 is 2.47 bits per heavy atom. The molecule has 3 heterocycles. The van der Waals surface area contributed by atoms with Gasteiger partial charge in [-0.15, -0.1) is 5.11 Å². The van der Waals surface area contributed by atoms with Crippen LogP contribution in [0.5, 0.6) is 5.88 Å². The van der Waals surface area contributed by atoms with Crippen molar-refractivity contribution in [2.75, 3.05) is 89.7 Å². The number of hydrogen-bond donors (Lipinski definition) is 0. The number of morpholine rings is 2. The first kappa shape index (κ1) is 24.4. The van der Waals surface area contributed by atoms with Crippen molar-refractivity contribution in [3.8, 4) is 5.88 Å². The lowest BCUT2D eigenvalue weighted by Crippen LogP contribution is -2.38. The molecule has 0 unspecified atom stereocenters. The Kier molecular flexibility index (Phi) is 8.67. The highest BCUT2D eigenvalue weighted by molar-refractivity contribution is 5.56. The van der Waals surface area contributed by atoms with Crippen molar-refractivity contribution in [2.45, 2.75) is 13.5 Å². The minimum Gasteiger partial charge on any atom is -0.476 e. The van der Waals surface area contributed by atoms with Gasteiger partial charge in [-0.2, -0.15) is 10.1 Å². The smallest absolute Gasteiger partial charge is 0.217 e. The van der Waals surface area contributed by atoms with Crippen LogP contribution in [0.25, 0.3) is 0 Å². The molecule has 2 aliphatic heterocycles. The van der Waals surface area contributed by atoms with Gasteiger partial charge >= 0.3 is 0 Å².